The SMILES string of the molecule is CCOc1ccc(Cl)c([C@@H]2C[C@@H]2C(=O)O)c1F. The van der Waals surface area contributed by atoms with Crippen molar-refractivity contribution in [2.24, 2.45) is 5.92 Å². The van der Waals surface area contributed by atoms with Gasteiger partial charge in [-0.1, -0.05) is 11.6 Å². The molecule has 1 aromatic rings. The van der Waals surface area contributed by atoms with Crippen molar-refractivity contribution in [1.82, 2.24) is 0 Å². The molecule has 0 saturated heterocycles. The molecule has 0 aromatic heterocycles. The molecule has 92 valence electrons. The van der Waals surface area contributed by atoms with E-state index in [1.807, 2.05) is 0 Å². The lowest BCUT2D eigenvalue weighted by Gasteiger charge is -2.10. The number of benzene rings is 1. The van der Waals surface area contributed by atoms with E-state index < -0.39 is 17.7 Å². The van der Waals surface area contributed by atoms with E-state index in [-0.39, 0.29) is 22.3 Å². The molecule has 2 rings (SSSR count). The first-order valence-corrected chi connectivity index (χ1v) is 5.77. The van der Waals surface area contributed by atoms with Crippen LogP contribution in [0.3, 0.4) is 0 Å². The molecular formula is C12H12ClFO3. The molecule has 0 amide bonds. The van der Waals surface area contributed by atoms with E-state index in [9.17, 15) is 9.18 Å². The van der Waals surface area contributed by atoms with Gasteiger partial charge in [0.05, 0.1) is 12.5 Å². The summed E-state index contributed by atoms with van der Waals surface area (Å²) in [4.78, 5) is 10.8. The average molecular weight is 259 g/mol. The highest BCUT2D eigenvalue weighted by molar-refractivity contribution is 6.31. The van der Waals surface area contributed by atoms with Crippen molar-refractivity contribution in [3.63, 3.8) is 0 Å². The monoisotopic (exact) mass is 258 g/mol. The molecule has 1 N–H and O–H groups in total. The molecule has 17 heavy (non-hydrogen) atoms. The van der Waals surface area contributed by atoms with E-state index in [0.29, 0.717) is 13.0 Å². The minimum atomic E-state index is -0.910. The molecule has 0 aliphatic heterocycles. The van der Waals surface area contributed by atoms with Crippen LogP contribution in [0.15, 0.2) is 12.1 Å². The second-order valence-electron chi connectivity index (χ2n) is 3.99. The Kier molecular flexibility index (Phi) is 3.24. The molecule has 1 fully saturated rings. The van der Waals surface area contributed by atoms with E-state index in [1.54, 1.807) is 13.0 Å². The second-order valence-corrected chi connectivity index (χ2v) is 4.40. The molecule has 0 bridgehead atoms. The summed E-state index contributed by atoms with van der Waals surface area (Å²) in [6.45, 7) is 2.11. The Morgan fingerprint density at radius 3 is 2.88 bits per heavy atom. The molecule has 1 aliphatic rings. The molecule has 0 unspecified atom stereocenters. The highest BCUT2D eigenvalue weighted by Crippen LogP contribution is 2.51. The molecule has 1 aliphatic carbocycles. The first-order valence-electron chi connectivity index (χ1n) is 5.39. The van der Waals surface area contributed by atoms with Crippen molar-refractivity contribution in [2.75, 3.05) is 6.61 Å². The lowest BCUT2D eigenvalue weighted by Crippen LogP contribution is -2.02. The fourth-order valence-corrected chi connectivity index (χ4v) is 2.23. The Bertz CT molecular complexity index is 461. The van der Waals surface area contributed by atoms with Crippen LogP contribution in [0.25, 0.3) is 0 Å². The van der Waals surface area contributed by atoms with Crippen LogP contribution in [0.4, 0.5) is 4.39 Å². The fourth-order valence-electron chi connectivity index (χ4n) is 1.94. The van der Waals surface area contributed by atoms with Crippen LogP contribution in [0, 0.1) is 11.7 Å². The van der Waals surface area contributed by atoms with E-state index >= 15 is 0 Å². The minimum Gasteiger partial charge on any atom is -0.491 e. The van der Waals surface area contributed by atoms with Gasteiger partial charge in [0, 0.05) is 16.5 Å². The van der Waals surface area contributed by atoms with Crippen molar-refractivity contribution in [3.05, 3.63) is 28.5 Å². The van der Waals surface area contributed by atoms with Gasteiger partial charge in [0.25, 0.3) is 0 Å². The fraction of sp³-hybridized carbons (Fsp3) is 0.417. The normalized spacial score (nSPS) is 22.3. The van der Waals surface area contributed by atoms with Gasteiger partial charge in [0.1, 0.15) is 0 Å². The summed E-state index contributed by atoms with van der Waals surface area (Å²) < 4.78 is 19.2. The van der Waals surface area contributed by atoms with Crippen LogP contribution in [-0.4, -0.2) is 17.7 Å². The largest absolute Gasteiger partial charge is 0.491 e. The maximum atomic E-state index is 14.0. The molecule has 2 atom stereocenters. The van der Waals surface area contributed by atoms with Crippen LogP contribution >= 0.6 is 11.6 Å². The number of carbonyl (C=O) groups is 1. The third-order valence-corrected chi connectivity index (χ3v) is 3.20. The molecule has 0 radical (unpaired) electrons. The molecule has 0 spiro atoms. The van der Waals surface area contributed by atoms with Crippen molar-refractivity contribution < 1.29 is 19.0 Å². The van der Waals surface area contributed by atoms with Gasteiger partial charge in [-0.25, -0.2) is 4.39 Å². The number of hydrogen-bond acceptors (Lipinski definition) is 2. The lowest BCUT2D eigenvalue weighted by molar-refractivity contribution is -0.138. The minimum absolute atomic E-state index is 0.128. The number of carboxylic acids is 1. The zero-order valence-corrected chi connectivity index (χ0v) is 10.00. The van der Waals surface area contributed by atoms with Gasteiger partial charge in [0.2, 0.25) is 0 Å². The molecule has 1 saturated carbocycles. The zero-order valence-electron chi connectivity index (χ0n) is 9.24. The first-order chi connectivity index (χ1) is 8.06. The number of aliphatic carboxylic acids is 1. The van der Waals surface area contributed by atoms with Crippen molar-refractivity contribution >= 4 is 17.6 Å². The number of carboxylic acid groups (broad SMARTS) is 1. The predicted octanol–water partition coefficient (Wildman–Crippen LogP) is 3.07. The Hall–Kier alpha value is -1.29. The summed E-state index contributed by atoms with van der Waals surface area (Å²) in [6.07, 6.45) is 0.432. The van der Waals surface area contributed by atoms with Crippen LogP contribution in [-0.2, 0) is 4.79 Å². The van der Waals surface area contributed by atoms with E-state index in [1.165, 1.54) is 6.07 Å². The van der Waals surface area contributed by atoms with Crippen LogP contribution < -0.4 is 4.74 Å². The van der Waals surface area contributed by atoms with Gasteiger partial charge in [-0.3, -0.25) is 4.79 Å². The van der Waals surface area contributed by atoms with Gasteiger partial charge < -0.3 is 9.84 Å². The molecule has 5 heteroatoms. The standard InChI is InChI=1S/C12H12ClFO3/c1-2-17-9-4-3-8(13)10(11(9)14)6-5-7(6)12(15)16/h3-4,6-7H,2,5H2,1H3,(H,15,16)/t6-,7+/m1/s1. The molecule has 0 heterocycles. The number of halogens is 2. The Morgan fingerprint density at radius 2 is 2.35 bits per heavy atom. The van der Waals surface area contributed by atoms with Gasteiger partial charge >= 0.3 is 5.97 Å². The Labute approximate surface area is 103 Å². The van der Waals surface area contributed by atoms with Crippen LogP contribution in [0.1, 0.15) is 24.8 Å². The average Bonchev–Trinajstić information content (AvgIpc) is 3.03. The summed E-state index contributed by atoms with van der Waals surface area (Å²) in [5.74, 6) is -2.18. The van der Waals surface area contributed by atoms with Gasteiger partial charge in [0.15, 0.2) is 11.6 Å². The van der Waals surface area contributed by atoms with E-state index in [0.717, 1.165) is 0 Å². The third kappa shape index (κ3) is 2.22. The van der Waals surface area contributed by atoms with E-state index in [4.69, 9.17) is 21.4 Å². The van der Waals surface area contributed by atoms with Crippen LogP contribution in [0.2, 0.25) is 5.02 Å². The quantitative estimate of drug-likeness (QED) is 0.903. The topological polar surface area (TPSA) is 46.5 Å². The van der Waals surface area contributed by atoms with Gasteiger partial charge in [-0.15, -0.1) is 0 Å². The first kappa shape index (κ1) is 12.2. The van der Waals surface area contributed by atoms with Gasteiger partial charge in [-0.05, 0) is 25.5 Å². The van der Waals surface area contributed by atoms with Crippen LogP contribution in [0.5, 0.6) is 5.75 Å². The summed E-state index contributed by atoms with van der Waals surface area (Å²) >= 11 is 5.92. The van der Waals surface area contributed by atoms with Gasteiger partial charge in [-0.2, -0.15) is 0 Å². The third-order valence-electron chi connectivity index (χ3n) is 2.87. The summed E-state index contributed by atoms with van der Waals surface area (Å²) in [6, 6.07) is 3.00. The second kappa shape index (κ2) is 4.53. The predicted molar refractivity (Wildman–Crippen MR) is 61.1 cm³/mol. The summed E-state index contributed by atoms with van der Waals surface area (Å²) in [5, 5.41) is 9.11. The highest BCUT2D eigenvalue weighted by Gasteiger charge is 2.47. The summed E-state index contributed by atoms with van der Waals surface area (Å²) in [5.41, 5.74) is 0.269. The van der Waals surface area contributed by atoms with Crippen molar-refractivity contribution in [3.8, 4) is 5.75 Å². The highest BCUT2D eigenvalue weighted by atomic mass is 35.5. The smallest absolute Gasteiger partial charge is 0.307 e. The number of rotatable bonds is 4. The summed E-state index contributed by atoms with van der Waals surface area (Å²) in [7, 11) is 0. The Balaban J connectivity index is 2.33. The number of hydrogen-bond donors (Lipinski definition) is 1. The maximum Gasteiger partial charge on any atom is 0.307 e. The van der Waals surface area contributed by atoms with E-state index in [2.05, 4.69) is 0 Å². The lowest BCUT2D eigenvalue weighted by atomic mass is 10.1. The van der Waals surface area contributed by atoms with Crippen molar-refractivity contribution in [2.45, 2.75) is 19.3 Å². The Morgan fingerprint density at radius 1 is 1.65 bits per heavy atom. The molecule has 1 aromatic carbocycles. The maximum absolute atomic E-state index is 14.0. The number of ether oxygens (including phenoxy) is 1. The van der Waals surface area contributed by atoms with Crippen molar-refractivity contribution in [1.29, 1.82) is 0 Å². The molecular weight excluding hydrogens is 247 g/mol. The molecule has 3 nitrogen and oxygen atoms in total. The zero-order chi connectivity index (χ0) is 12.6.